The van der Waals surface area contributed by atoms with E-state index < -0.39 is 15.0 Å². The van der Waals surface area contributed by atoms with Gasteiger partial charge in [0.05, 0.1) is 4.90 Å². The highest BCUT2D eigenvalue weighted by Gasteiger charge is 2.24. The summed E-state index contributed by atoms with van der Waals surface area (Å²) in [5.41, 5.74) is -0.379. The van der Waals surface area contributed by atoms with Crippen molar-refractivity contribution in [3.63, 3.8) is 0 Å². The number of benzene rings is 1. The third-order valence-electron chi connectivity index (χ3n) is 2.76. The van der Waals surface area contributed by atoms with Gasteiger partial charge in [0, 0.05) is 16.7 Å². The first-order valence-electron chi connectivity index (χ1n) is 6.01. The Morgan fingerprint density at radius 3 is 2.57 bits per heavy atom. The molecule has 9 heteroatoms. The summed E-state index contributed by atoms with van der Waals surface area (Å²) >= 11 is 0. The molecule has 0 aromatic heterocycles. The van der Waals surface area contributed by atoms with E-state index in [1.165, 1.54) is 0 Å². The van der Waals surface area contributed by atoms with Crippen LogP contribution < -0.4 is 10.1 Å². The number of carbonyl (C=O) groups is 2. The van der Waals surface area contributed by atoms with Gasteiger partial charge in [-0.1, -0.05) is 0 Å². The summed E-state index contributed by atoms with van der Waals surface area (Å²) in [5, 5.41) is 11.7. The highest BCUT2D eigenvalue weighted by Crippen LogP contribution is 2.25. The minimum Gasteiger partial charge on any atom is -0.483 e. The van der Waals surface area contributed by atoms with Crippen LogP contribution in [0, 0.1) is 0 Å². The second-order valence-electron chi connectivity index (χ2n) is 4.53. The minimum absolute atomic E-state index is 0.0995. The van der Waals surface area contributed by atoms with Gasteiger partial charge in [-0.05, 0) is 31.0 Å². The smallest absolute Gasteiger partial charge is 0.339 e. The normalized spacial score (nSPS) is 14.5. The average Bonchev–Trinajstić information content (AvgIpc) is 3.18. The molecule has 1 aromatic rings. The van der Waals surface area contributed by atoms with Gasteiger partial charge in [0.2, 0.25) is 0 Å². The molecule has 1 fully saturated rings. The lowest BCUT2D eigenvalue weighted by Crippen LogP contribution is -2.30. The number of carboxylic acid groups (broad SMARTS) is 1. The molecule has 0 bridgehead atoms. The fourth-order valence-corrected chi connectivity index (χ4v) is 2.37. The van der Waals surface area contributed by atoms with Gasteiger partial charge < -0.3 is 15.2 Å². The lowest BCUT2D eigenvalue weighted by atomic mass is 10.2. The van der Waals surface area contributed by atoms with E-state index in [2.05, 4.69) is 5.32 Å². The van der Waals surface area contributed by atoms with Crippen LogP contribution in [0.3, 0.4) is 0 Å². The van der Waals surface area contributed by atoms with Crippen LogP contribution in [0.2, 0.25) is 0 Å². The van der Waals surface area contributed by atoms with Crippen LogP contribution >= 0.6 is 10.7 Å². The Morgan fingerprint density at radius 1 is 1.38 bits per heavy atom. The Morgan fingerprint density at radius 2 is 2.05 bits per heavy atom. The largest absolute Gasteiger partial charge is 0.483 e. The van der Waals surface area contributed by atoms with E-state index in [0.29, 0.717) is 0 Å². The van der Waals surface area contributed by atoms with Crippen molar-refractivity contribution in [3.05, 3.63) is 23.8 Å². The molecule has 0 atom stereocenters. The second kappa shape index (κ2) is 5.90. The summed E-state index contributed by atoms with van der Waals surface area (Å²) in [6.07, 6.45) is 1.85. The van der Waals surface area contributed by atoms with Crippen LogP contribution in [-0.4, -0.2) is 38.0 Å². The monoisotopic (exact) mass is 333 g/mol. The van der Waals surface area contributed by atoms with Crippen LogP contribution in [0.25, 0.3) is 0 Å². The highest BCUT2D eigenvalue weighted by atomic mass is 35.7. The SMILES string of the molecule is O=C(COc1ccc(S(=O)(=O)Cl)cc1C(=O)O)NC1CC1. The Labute approximate surface area is 125 Å². The molecule has 1 aromatic carbocycles. The van der Waals surface area contributed by atoms with Gasteiger partial charge in [-0.3, -0.25) is 4.79 Å². The summed E-state index contributed by atoms with van der Waals surface area (Å²) in [5.74, 6) is -1.84. The predicted molar refractivity (Wildman–Crippen MR) is 73.1 cm³/mol. The fraction of sp³-hybridized carbons (Fsp3) is 0.333. The zero-order valence-corrected chi connectivity index (χ0v) is 12.3. The van der Waals surface area contributed by atoms with E-state index in [0.717, 1.165) is 31.0 Å². The summed E-state index contributed by atoms with van der Waals surface area (Å²) in [6, 6.07) is 3.33. The fourth-order valence-electron chi connectivity index (χ4n) is 1.59. The molecule has 0 spiro atoms. The summed E-state index contributed by atoms with van der Waals surface area (Å²) in [7, 11) is 1.11. The van der Waals surface area contributed by atoms with Crippen molar-refractivity contribution in [1.82, 2.24) is 5.32 Å². The molecule has 0 heterocycles. The lowest BCUT2D eigenvalue weighted by Gasteiger charge is -2.10. The first-order chi connectivity index (χ1) is 9.77. The number of ether oxygens (including phenoxy) is 1. The van der Waals surface area contributed by atoms with Crippen molar-refractivity contribution in [3.8, 4) is 5.75 Å². The molecule has 1 saturated carbocycles. The van der Waals surface area contributed by atoms with Gasteiger partial charge >= 0.3 is 5.97 Å². The minimum atomic E-state index is -4.04. The van der Waals surface area contributed by atoms with Gasteiger partial charge in [-0.2, -0.15) is 0 Å². The molecule has 1 amide bonds. The number of nitrogens with one attached hydrogen (secondary N) is 1. The molecular weight excluding hydrogens is 322 g/mol. The molecule has 0 saturated heterocycles. The number of halogens is 1. The number of amides is 1. The van der Waals surface area contributed by atoms with Crippen LogP contribution in [0.4, 0.5) is 0 Å². The first kappa shape index (κ1) is 15.6. The summed E-state index contributed by atoms with van der Waals surface area (Å²) < 4.78 is 27.5. The maximum atomic E-state index is 11.5. The lowest BCUT2D eigenvalue weighted by molar-refractivity contribution is -0.123. The molecule has 1 aliphatic rings. The third-order valence-corrected chi connectivity index (χ3v) is 4.12. The summed E-state index contributed by atoms with van der Waals surface area (Å²) in [6.45, 7) is -0.344. The van der Waals surface area contributed by atoms with E-state index in [1.54, 1.807) is 0 Å². The van der Waals surface area contributed by atoms with Gasteiger partial charge in [0.25, 0.3) is 15.0 Å². The van der Waals surface area contributed by atoms with Crippen LogP contribution in [-0.2, 0) is 13.8 Å². The van der Waals surface area contributed by atoms with E-state index >= 15 is 0 Å². The molecule has 114 valence electrons. The second-order valence-corrected chi connectivity index (χ2v) is 7.10. The topological polar surface area (TPSA) is 110 Å². The maximum absolute atomic E-state index is 11.5. The molecule has 0 aliphatic heterocycles. The van der Waals surface area contributed by atoms with E-state index in [-0.39, 0.29) is 34.8 Å². The molecule has 1 aliphatic carbocycles. The van der Waals surface area contributed by atoms with Crippen LogP contribution in [0.1, 0.15) is 23.2 Å². The predicted octanol–water partition coefficient (Wildman–Crippen LogP) is 0.970. The molecule has 7 nitrogen and oxygen atoms in total. The van der Waals surface area contributed by atoms with Gasteiger partial charge in [-0.25, -0.2) is 13.2 Å². The van der Waals surface area contributed by atoms with Crippen molar-refractivity contribution < 1.29 is 27.9 Å². The zero-order chi connectivity index (χ0) is 15.6. The number of rotatable bonds is 6. The Balaban J connectivity index is 2.14. The maximum Gasteiger partial charge on any atom is 0.339 e. The molecule has 0 unspecified atom stereocenters. The third kappa shape index (κ3) is 4.33. The van der Waals surface area contributed by atoms with Crippen molar-refractivity contribution in [2.45, 2.75) is 23.8 Å². The average molecular weight is 334 g/mol. The zero-order valence-electron chi connectivity index (χ0n) is 10.7. The van der Waals surface area contributed by atoms with Gasteiger partial charge in [0.1, 0.15) is 11.3 Å². The Kier molecular flexibility index (Phi) is 4.38. The van der Waals surface area contributed by atoms with Crippen LogP contribution in [0.15, 0.2) is 23.1 Å². The van der Waals surface area contributed by atoms with Crippen molar-refractivity contribution in [1.29, 1.82) is 0 Å². The summed E-state index contributed by atoms with van der Waals surface area (Å²) in [4.78, 5) is 22.2. The van der Waals surface area contributed by atoms with E-state index in [9.17, 15) is 18.0 Å². The molecule has 21 heavy (non-hydrogen) atoms. The van der Waals surface area contributed by atoms with E-state index in [1.807, 2.05) is 0 Å². The molecule has 0 radical (unpaired) electrons. The van der Waals surface area contributed by atoms with Crippen molar-refractivity contribution >= 4 is 31.6 Å². The number of carbonyl (C=O) groups excluding carboxylic acids is 1. The van der Waals surface area contributed by atoms with E-state index in [4.69, 9.17) is 20.5 Å². The van der Waals surface area contributed by atoms with Crippen molar-refractivity contribution in [2.24, 2.45) is 0 Å². The number of carboxylic acids is 1. The molecule has 2 N–H and O–H groups in total. The number of hydrogen-bond acceptors (Lipinski definition) is 5. The Bertz CT molecular complexity index is 683. The highest BCUT2D eigenvalue weighted by molar-refractivity contribution is 8.13. The first-order valence-corrected chi connectivity index (χ1v) is 8.32. The molecular formula is C12H12ClNO6S. The van der Waals surface area contributed by atoms with Gasteiger partial charge in [0.15, 0.2) is 6.61 Å². The Hall–Kier alpha value is -1.80. The standard InChI is InChI=1S/C12H12ClNO6S/c13-21(18,19)8-3-4-10(9(5-8)12(16)17)20-6-11(15)14-7-1-2-7/h3-5,7H,1-2,6H2,(H,14,15)(H,16,17). The quantitative estimate of drug-likeness (QED) is 0.751. The van der Waals surface area contributed by atoms with Crippen molar-refractivity contribution in [2.75, 3.05) is 6.61 Å². The molecule has 2 rings (SSSR count). The number of hydrogen-bond donors (Lipinski definition) is 2. The van der Waals surface area contributed by atoms with Gasteiger partial charge in [-0.15, -0.1) is 0 Å². The number of aromatic carboxylic acids is 1. The van der Waals surface area contributed by atoms with Crippen LogP contribution in [0.5, 0.6) is 5.75 Å².